The Bertz CT molecular complexity index is 158. The first kappa shape index (κ1) is 9.79. The highest BCUT2D eigenvalue weighted by Gasteiger charge is 2.32. The summed E-state index contributed by atoms with van der Waals surface area (Å²) in [7, 11) is 2.06. The van der Waals surface area contributed by atoms with Crippen LogP contribution in [0.5, 0.6) is 0 Å². The lowest BCUT2D eigenvalue weighted by molar-refractivity contribution is 0.357. The normalized spacial score (nSPS) is 21.9. The first-order chi connectivity index (χ1) is 5.65. The summed E-state index contributed by atoms with van der Waals surface area (Å²) in [6, 6.07) is 0.648. The van der Waals surface area contributed by atoms with Crippen LogP contribution in [0.15, 0.2) is 12.2 Å². The van der Waals surface area contributed by atoms with Crippen molar-refractivity contribution < 1.29 is 0 Å². The second-order valence-corrected chi connectivity index (χ2v) is 4.25. The number of hydrogen-bond donors (Lipinski definition) is 1. The monoisotopic (exact) mass is 167 g/mol. The zero-order valence-corrected chi connectivity index (χ0v) is 8.56. The number of hydrogen-bond acceptors (Lipinski definition) is 1. The van der Waals surface area contributed by atoms with Crippen LogP contribution in [-0.2, 0) is 0 Å². The summed E-state index contributed by atoms with van der Waals surface area (Å²) in [6.07, 6.45) is 4.01. The Hall–Kier alpha value is -0.300. The average molecular weight is 167 g/mol. The molecule has 1 aliphatic carbocycles. The zero-order valence-electron chi connectivity index (χ0n) is 8.56. The fraction of sp³-hybridized carbons (Fsp3) is 0.818. The van der Waals surface area contributed by atoms with Crippen molar-refractivity contribution in [2.45, 2.75) is 39.2 Å². The molecule has 1 rings (SSSR count). The maximum absolute atomic E-state index is 3.97. The molecule has 0 amide bonds. The molecule has 0 aromatic rings. The molecular weight excluding hydrogens is 146 g/mol. The van der Waals surface area contributed by atoms with E-state index >= 15 is 0 Å². The summed E-state index contributed by atoms with van der Waals surface area (Å²) in [5, 5.41) is 3.39. The van der Waals surface area contributed by atoms with Gasteiger partial charge in [0.15, 0.2) is 0 Å². The molecule has 0 aromatic heterocycles. The summed E-state index contributed by atoms with van der Waals surface area (Å²) in [5.41, 5.74) is 1.29. The van der Waals surface area contributed by atoms with Crippen LogP contribution >= 0.6 is 0 Å². The molecule has 0 saturated heterocycles. The first-order valence-corrected chi connectivity index (χ1v) is 4.96. The Balaban J connectivity index is 2.36. The second-order valence-electron chi connectivity index (χ2n) is 4.25. The summed E-state index contributed by atoms with van der Waals surface area (Å²) >= 11 is 0. The van der Waals surface area contributed by atoms with Gasteiger partial charge < -0.3 is 5.32 Å². The topological polar surface area (TPSA) is 12.0 Å². The van der Waals surface area contributed by atoms with Gasteiger partial charge in [0.1, 0.15) is 0 Å². The molecule has 0 aromatic carbocycles. The van der Waals surface area contributed by atoms with Crippen LogP contribution in [0.1, 0.15) is 33.1 Å². The van der Waals surface area contributed by atoms with Crippen LogP contribution in [0.25, 0.3) is 0 Å². The first-order valence-electron chi connectivity index (χ1n) is 4.96. The van der Waals surface area contributed by atoms with E-state index in [0.717, 1.165) is 18.3 Å². The molecule has 0 radical (unpaired) electrons. The van der Waals surface area contributed by atoms with Crippen molar-refractivity contribution >= 4 is 0 Å². The van der Waals surface area contributed by atoms with Gasteiger partial charge in [0.2, 0.25) is 0 Å². The smallest absolute Gasteiger partial charge is 0.0129 e. The van der Waals surface area contributed by atoms with Crippen LogP contribution in [0.4, 0.5) is 0 Å². The maximum Gasteiger partial charge on any atom is 0.0129 e. The van der Waals surface area contributed by atoms with Crippen LogP contribution in [0.2, 0.25) is 0 Å². The average Bonchev–Trinajstić information content (AvgIpc) is 2.80. The third kappa shape index (κ3) is 2.63. The Morgan fingerprint density at radius 2 is 2.17 bits per heavy atom. The lowest BCUT2D eigenvalue weighted by atomic mass is 9.92. The van der Waals surface area contributed by atoms with Crippen molar-refractivity contribution in [3.05, 3.63) is 12.2 Å². The molecule has 1 N–H and O–H groups in total. The molecular formula is C11H21N. The van der Waals surface area contributed by atoms with Crippen LogP contribution in [0.3, 0.4) is 0 Å². The molecule has 1 saturated carbocycles. The van der Waals surface area contributed by atoms with Gasteiger partial charge in [-0.2, -0.15) is 0 Å². The van der Waals surface area contributed by atoms with Gasteiger partial charge in [0.05, 0.1) is 0 Å². The minimum atomic E-state index is 0.648. The largest absolute Gasteiger partial charge is 0.316 e. The molecule has 1 heteroatoms. The Morgan fingerprint density at radius 3 is 2.50 bits per heavy atom. The number of nitrogens with one attached hydrogen (secondary N) is 1. The minimum Gasteiger partial charge on any atom is -0.316 e. The highest BCUT2D eigenvalue weighted by Crippen LogP contribution is 2.39. The standard InChI is InChI=1S/C11H21N/c1-8(2)7-11(12-4)9(3)10-5-6-10/h9-12H,1,5-7H2,2-4H3. The summed E-state index contributed by atoms with van der Waals surface area (Å²) < 4.78 is 0. The molecule has 70 valence electrons. The molecule has 12 heavy (non-hydrogen) atoms. The fourth-order valence-electron chi connectivity index (χ4n) is 1.88. The van der Waals surface area contributed by atoms with Gasteiger partial charge in [0.25, 0.3) is 0 Å². The van der Waals surface area contributed by atoms with Crippen molar-refractivity contribution in [3.63, 3.8) is 0 Å². The highest BCUT2D eigenvalue weighted by atomic mass is 14.9. The predicted octanol–water partition coefficient (Wildman–Crippen LogP) is 2.59. The van der Waals surface area contributed by atoms with Gasteiger partial charge in [-0.15, -0.1) is 6.58 Å². The van der Waals surface area contributed by atoms with Crippen molar-refractivity contribution in [2.24, 2.45) is 11.8 Å². The molecule has 2 atom stereocenters. The molecule has 0 bridgehead atoms. The summed E-state index contributed by atoms with van der Waals surface area (Å²) in [6.45, 7) is 8.44. The molecule has 1 fully saturated rings. The van der Waals surface area contributed by atoms with Crippen LogP contribution < -0.4 is 5.32 Å². The van der Waals surface area contributed by atoms with E-state index in [1.165, 1.54) is 18.4 Å². The Morgan fingerprint density at radius 1 is 1.58 bits per heavy atom. The van der Waals surface area contributed by atoms with Crippen molar-refractivity contribution in [2.75, 3.05) is 7.05 Å². The Kier molecular flexibility index (Phi) is 3.33. The SMILES string of the molecule is C=C(C)CC(NC)C(C)C1CC1. The van der Waals surface area contributed by atoms with E-state index in [1.807, 2.05) is 0 Å². The molecule has 1 aliphatic rings. The van der Waals surface area contributed by atoms with Crippen molar-refractivity contribution in [3.8, 4) is 0 Å². The van der Waals surface area contributed by atoms with Gasteiger partial charge in [-0.25, -0.2) is 0 Å². The minimum absolute atomic E-state index is 0.648. The third-order valence-corrected chi connectivity index (χ3v) is 2.94. The van der Waals surface area contributed by atoms with E-state index in [0.29, 0.717) is 6.04 Å². The van der Waals surface area contributed by atoms with Gasteiger partial charge in [-0.1, -0.05) is 12.5 Å². The molecule has 0 aliphatic heterocycles. The van der Waals surface area contributed by atoms with E-state index in [4.69, 9.17) is 0 Å². The lowest BCUT2D eigenvalue weighted by Gasteiger charge is -2.23. The molecule has 1 nitrogen and oxygen atoms in total. The summed E-state index contributed by atoms with van der Waals surface area (Å²) in [4.78, 5) is 0. The quantitative estimate of drug-likeness (QED) is 0.621. The summed E-state index contributed by atoms with van der Waals surface area (Å²) in [5.74, 6) is 1.81. The predicted molar refractivity (Wildman–Crippen MR) is 54.2 cm³/mol. The fourth-order valence-corrected chi connectivity index (χ4v) is 1.88. The van der Waals surface area contributed by atoms with Gasteiger partial charge >= 0.3 is 0 Å². The highest BCUT2D eigenvalue weighted by molar-refractivity contribution is 4.96. The maximum atomic E-state index is 3.97. The van der Waals surface area contributed by atoms with Gasteiger partial charge in [-0.3, -0.25) is 0 Å². The molecule has 0 heterocycles. The molecule has 2 unspecified atom stereocenters. The third-order valence-electron chi connectivity index (χ3n) is 2.94. The van der Waals surface area contributed by atoms with Crippen LogP contribution in [-0.4, -0.2) is 13.1 Å². The van der Waals surface area contributed by atoms with E-state index in [9.17, 15) is 0 Å². The van der Waals surface area contributed by atoms with Gasteiger partial charge in [-0.05, 0) is 45.1 Å². The van der Waals surface area contributed by atoms with E-state index in [2.05, 4.69) is 32.8 Å². The van der Waals surface area contributed by atoms with E-state index < -0.39 is 0 Å². The Labute approximate surface area is 76.2 Å². The van der Waals surface area contributed by atoms with Crippen LogP contribution in [0, 0.1) is 11.8 Å². The van der Waals surface area contributed by atoms with E-state index in [-0.39, 0.29) is 0 Å². The zero-order chi connectivity index (χ0) is 9.14. The van der Waals surface area contributed by atoms with Crippen molar-refractivity contribution in [1.82, 2.24) is 5.32 Å². The molecule has 0 spiro atoms. The second kappa shape index (κ2) is 4.08. The number of rotatable bonds is 5. The lowest BCUT2D eigenvalue weighted by Crippen LogP contribution is -2.33. The van der Waals surface area contributed by atoms with Crippen molar-refractivity contribution in [1.29, 1.82) is 0 Å². The van der Waals surface area contributed by atoms with Gasteiger partial charge in [0, 0.05) is 6.04 Å². The van der Waals surface area contributed by atoms with E-state index in [1.54, 1.807) is 0 Å².